The molecule has 0 aliphatic heterocycles. The third-order valence-electron chi connectivity index (χ3n) is 4.74. The summed E-state index contributed by atoms with van der Waals surface area (Å²) in [4.78, 5) is 4.54. The van der Waals surface area contributed by atoms with Gasteiger partial charge in [0.25, 0.3) is 0 Å². The zero-order chi connectivity index (χ0) is 14.7. The van der Waals surface area contributed by atoms with Gasteiger partial charge in [0.05, 0.1) is 7.11 Å². The summed E-state index contributed by atoms with van der Waals surface area (Å²) in [5.41, 5.74) is 0. The van der Waals surface area contributed by atoms with Gasteiger partial charge in [-0.15, -0.1) is 0 Å². The van der Waals surface area contributed by atoms with Crippen molar-refractivity contribution in [2.45, 2.75) is 45.1 Å². The molecule has 0 spiro atoms. The number of rotatable bonds is 4. The topological polar surface area (TPSA) is 34.2 Å². The van der Waals surface area contributed by atoms with Crippen molar-refractivity contribution in [3.05, 3.63) is 30.5 Å². The van der Waals surface area contributed by atoms with Crippen LogP contribution in [0, 0.1) is 5.92 Å². The Morgan fingerprint density at radius 3 is 2.71 bits per heavy atom. The predicted molar refractivity (Wildman–Crippen MR) is 88.0 cm³/mol. The highest BCUT2D eigenvalue weighted by Crippen LogP contribution is 2.30. The Hall–Kier alpha value is -1.77. The van der Waals surface area contributed by atoms with Crippen LogP contribution < -0.4 is 10.1 Å². The first-order valence-corrected chi connectivity index (χ1v) is 7.99. The van der Waals surface area contributed by atoms with Crippen LogP contribution in [0.5, 0.6) is 5.75 Å². The average molecular weight is 284 g/mol. The first kappa shape index (κ1) is 14.2. The maximum absolute atomic E-state index is 5.30. The zero-order valence-electron chi connectivity index (χ0n) is 12.9. The molecule has 0 amide bonds. The van der Waals surface area contributed by atoms with E-state index in [1.807, 2.05) is 18.3 Å². The molecule has 1 N–H and O–H groups in total. The second-order valence-electron chi connectivity index (χ2n) is 6.02. The molecular formula is C18H24N2O. The monoisotopic (exact) mass is 284 g/mol. The number of aromatic nitrogens is 1. The number of pyridine rings is 1. The van der Waals surface area contributed by atoms with Crippen molar-refractivity contribution in [1.29, 1.82) is 0 Å². The lowest BCUT2D eigenvalue weighted by atomic mass is 9.84. The number of methoxy groups -OCH3 is 1. The highest BCUT2D eigenvalue weighted by atomic mass is 16.5. The van der Waals surface area contributed by atoms with Gasteiger partial charge in [0.15, 0.2) is 0 Å². The van der Waals surface area contributed by atoms with Crippen molar-refractivity contribution < 1.29 is 4.74 Å². The van der Waals surface area contributed by atoms with E-state index >= 15 is 0 Å². The van der Waals surface area contributed by atoms with Gasteiger partial charge in [0.2, 0.25) is 0 Å². The summed E-state index contributed by atoms with van der Waals surface area (Å²) >= 11 is 0. The molecule has 1 aromatic carbocycles. The van der Waals surface area contributed by atoms with Gasteiger partial charge in [-0.3, -0.25) is 0 Å². The number of hydrogen-bond donors (Lipinski definition) is 1. The van der Waals surface area contributed by atoms with Crippen molar-refractivity contribution in [2.75, 3.05) is 12.4 Å². The van der Waals surface area contributed by atoms with Gasteiger partial charge in [-0.2, -0.15) is 0 Å². The molecule has 1 aliphatic rings. The summed E-state index contributed by atoms with van der Waals surface area (Å²) < 4.78 is 5.30. The molecule has 2 aromatic rings. The standard InChI is InChI=1S/C18H24N2O/c1-3-13-4-6-15(7-5-13)20-18-17-9-8-16(21-2)12-14(17)10-11-19-18/h8-13,15H,3-7H2,1-2H3,(H,19,20). The van der Waals surface area contributed by atoms with E-state index in [2.05, 4.69) is 29.4 Å². The van der Waals surface area contributed by atoms with Crippen LogP contribution in [0.25, 0.3) is 10.8 Å². The lowest BCUT2D eigenvalue weighted by Crippen LogP contribution is -2.26. The molecule has 3 nitrogen and oxygen atoms in total. The molecule has 3 rings (SSSR count). The molecule has 1 aliphatic carbocycles. The van der Waals surface area contributed by atoms with Crippen LogP contribution in [0.4, 0.5) is 5.82 Å². The summed E-state index contributed by atoms with van der Waals surface area (Å²) in [5.74, 6) is 2.82. The van der Waals surface area contributed by atoms with E-state index < -0.39 is 0 Å². The van der Waals surface area contributed by atoms with Gasteiger partial charge >= 0.3 is 0 Å². The molecule has 112 valence electrons. The molecule has 1 aromatic heterocycles. The predicted octanol–water partition coefficient (Wildman–Crippen LogP) is 4.62. The number of ether oxygens (including phenoxy) is 1. The summed E-state index contributed by atoms with van der Waals surface area (Å²) in [6.45, 7) is 2.30. The third kappa shape index (κ3) is 3.12. The van der Waals surface area contributed by atoms with Gasteiger partial charge in [0, 0.05) is 17.6 Å². The Bertz CT molecular complexity index is 603. The molecule has 1 heterocycles. The number of fused-ring (bicyclic) bond motifs is 1. The van der Waals surface area contributed by atoms with Crippen LogP contribution in [0.2, 0.25) is 0 Å². The Labute approximate surface area is 126 Å². The van der Waals surface area contributed by atoms with E-state index in [0.29, 0.717) is 6.04 Å². The Balaban J connectivity index is 1.78. The zero-order valence-corrected chi connectivity index (χ0v) is 12.9. The van der Waals surface area contributed by atoms with Gasteiger partial charge in [-0.05, 0) is 61.3 Å². The summed E-state index contributed by atoms with van der Waals surface area (Å²) in [6, 6.07) is 8.77. The Morgan fingerprint density at radius 2 is 2.00 bits per heavy atom. The fourth-order valence-corrected chi connectivity index (χ4v) is 3.31. The molecule has 3 heteroatoms. The van der Waals surface area contributed by atoms with E-state index in [0.717, 1.165) is 17.5 Å². The molecule has 0 saturated heterocycles. The van der Waals surface area contributed by atoms with Crippen LogP contribution in [0.1, 0.15) is 39.0 Å². The molecule has 21 heavy (non-hydrogen) atoms. The maximum atomic E-state index is 5.30. The van der Waals surface area contributed by atoms with E-state index in [4.69, 9.17) is 4.74 Å². The molecular weight excluding hydrogens is 260 g/mol. The smallest absolute Gasteiger partial charge is 0.134 e. The van der Waals surface area contributed by atoms with Crippen LogP contribution >= 0.6 is 0 Å². The highest BCUT2D eigenvalue weighted by Gasteiger charge is 2.20. The molecule has 0 radical (unpaired) electrons. The number of nitrogens with one attached hydrogen (secondary N) is 1. The molecule has 0 atom stereocenters. The average Bonchev–Trinajstić information content (AvgIpc) is 2.55. The number of hydrogen-bond acceptors (Lipinski definition) is 3. The van der Waals surface area contributed by atoms with Crippen LogP contribution in [0.3, 0.4) is 0 Å². The quantitative estimate of drug-likeness (QED) is 0.889. The summed E-state index contributed by atoms with van der Waals surface area (Å²) in [6.07, 6.45) is 8.39. The van der Waals surface area contributed by atoms with E-state index in [1.54, 1.807) is 7.11 Å². The molecule has 1 fully saturated rings. The van der Waals surface area contributed by atoms with Gasteiger partial charge < -0.3 is 10.1 Å². The first-order valence-electron chi connectivity index (χ1n) is 7.99. The number of nitrogens with zero attached hydrogens (tertiary/aromatic N) is 1. The Morgan fingerprint density at radius 1 is 1.19 bits per heavy atom. The lowest BCUT2D eigenvalue weighted by molar-refractivity contribution is 0.330. The highest BCUT2D eigenvalue weighted by molar-refractivity contribution is 5.92. The second kappa shape index (κ2) is 6.33. The van der Waals surface area contributed by atoms with Gasteiger partial charge in [-0.25, -0.2) is 4.98 Å². The van der Waals surface area contributed by atoms with Crippen molar-refractivity contribution in [3.63, 3.8) is 0 Å². The van der Waals surface area contributed by atoms with Crippen molar-refractivity contribution in [2.24, 2.45) is 5.92 Å². The maximum Gasteiger partial charge on any atom is 0.134 e. The SMILES string of the molecule is CCC1CCC(Nc2nccc3cc(OC)ccc23)CC1. The van der Waals surface area contributed by atoms with E-state index in [1.165, 1.54) is 42.9 Å². The third-order valence-corrected chi connectivity index (χ3v) is 4.74. The van der Waals surface area contributed by atoms with Crippen molar-refractivity contribution in [3.8, 4) is 5.75 Å². The van der Waals surface area contributed by atoms with Crippen LogP contribution in [-0.2, 0) is 0 Å². The van der Waals surface area contributed by atoms with E-state index in [9.17, 15) is 0 Å². The fourth-order valence-electron chi connectivity index (χ4n) is 3.31. The fraction of sp³-hybridized carbons (Fsp3) is 0.500. The minimum atomic E-state index is 0.563. The minimum Gasteiger partial charge on any atom is -0.497 e. The van der Waals surface area contributed by atoms with E-state index in [-0.39, 0.29) is 0 Å². The lowest BCUT2D eigenvalue weighted by Gasteiger charge is -2.29. The molecule has 0 bridgehead atoms. The first-order chi connectivity index (χ1) is 10.3. The summed E-state index contributed by atoms with van der Waals surface area (Å²) in [7, 11) is 1.70. The second-order valence-corrected chi connectivity index (χ2v) is 6.02. The number of benzene rings is 1. The van der Waals surface area contributed by atoms with Crippen LogP contribution in [0.15, 0.2) is 30.5 Å². The summed E-state index contributed by atoms with van der Waals surface area (Å²) in [5, 5.41) is 6.01. The Kier molecular flexibility index (Phi) is 4.28. The van der Waals surface area contributed by atoms with Crippen molar-refractivity contribution >= 4 is 16.6 Å². The molecule has 0 unspecified atom stereocenters. The minimum absolute atomic E-state index is 0.563. The van der Waals surface area contributed by atoms with Gasteiger partial charge in [0.1, 0.15) is 11.6 Å². The normalized spacial score (nSPS) is 22.2. The molecule has 1 saturated carbocycles. The largest absolute Gasteiger partial charge is 0.497 e. The van der Waals surface area contributed by atoms with Crippen molar-refractivity contribution in [1.82, 2.24) is 4.98 Å². The number of anilines is 1. The van der Waals surface area contributed by atoms with Crippen LogP contribution in [-0.4, -0.2) is 18.1 Å². The van der Waals surface area contributed by atoms with Gasteiger partial charge in [-0.1, -0.05) is 13.3 Å².